The standard InChI is InChI=1S/C15H14ClNO3/c1-20-11-5-2-4-10(8-11)9-12(15(18)19)14-13(16)6-3-7-17-14/h2-8,12H,9H2,1H3,(H,18,19). The van der Waals surface area contributed by atoms with E-state index in [0.29, 0.717) is 22.9 Å². The van der Waals surface area contributed by atoms with E-state index < -0.39 is 11.9 Å². The Labute approximate surface area is 122 Å². The number of benzene rings is 1. The Morgan fingerprint density at radius 1 is 1.40 bits per heavy atom. The molecule has 20 heavy (non-hydrogen) atoms. The molecule has 2 rings (SSSR count). The number of nitrogens with zero attached hydrogens (tertiary/aromatic N) is 1. The molecule has 0 aliphatic carbocycles. The summed E-state index contributed by atoms with van der Waals surface area (Å²) in [7, 11) is 1.57. The van der Waals surface area contributed by atoms with Crippen LogP contribution < -0.4 is 4.74 Å². The maximum Gasteiger partial charge on any atom is 0.312 e. The molecule has 1 aromatic carbocycles. The number of aliphatic carboxylic acids is 1. The molecule has 1 aromatic heterocycles. The summed E-state index contributed by atoms with van der Waals surface area (Å²) in [6.45, 7) is 0. The van der Waals surface area contributed by atoms with Crippen molar-refractivity contribution < 1.29 is 14.6 Å². The van der Waals surface area contributed by atoms with Gasteiger partial charge >= 0.3 is 5.97 Å². The van der Waals surface area contributed by atoms with Crippen LogP contribution in [-0.4, -0.2) is 23.2 Å². The molecule has 0 amide bonds. The lowest BCUT2D eigenvalue weighted by Gasteiger charge is -2.13. The van der Waals surface area contributed by atoms with E-state index >= 15 is 0 Å². The fourth-order valence-corrected chi connectivity index (χ4v) is 2.24. The molecule has 1 atom stereocenters. The molecular formula is C15H14ClNO3. The molecule has 0 saturated heterocycles. The number of hydrogen-bond acceptors (Lipinski definition) is 3. The van der Waals surface area contributed by atoms with Crippen molar-refractivity contribution in [3.05, 3.63) is 58.9 Å². The highest BCUT2D eigenvalue weighted by Crippen LogP contribution is 2.27. The highest BCUT2D eigenvalue weighted by Gasteiger charge is 2.24. The van der Waals surface area contributed by atoms with E-state index in [0.717, 1.165) is 5.56 Å². The van der Waals surface area contributed by atoms with Crippen LogP contribution >= 0.6 is 11.6 Å². The second kappa shape index (κ2) is 6.39. The minimum absolute atomic E-state index is 0.309. The fraction of sp³-hybridized carbons (Fsp3) is 0.200. The number of rotatable bonds is 5. The van der Waals surface area contributed by atoms with Crippen molar-refractivity contribution in [2.24, 2.45) is 0 Å². The molecule has 104 valence electrons. The van der Waals surface area contributed by atoms with Gasteiger partial charge in [-0.3, -0.25) is 9.78 Å². The van der Waals surface area contributed by atoms with Gasteiger partial charge < -0.3 is 9.84 Å². The number of halogens is 1. The van der Waals surface area contributed by atoms with Gasteiger partial charge in [0.1, 0.15) is 11.7 Å². The van der Waals surface area contributed by atoms with Crippen LogP contribution in [0.2, 0.25) is 5.02 Å². The van der Waals surface area contributed by atoms with Crippen LogP contribution in [0, 0.1) is 0 Å². The number of carboxylic acid groups (broad SMARTS) is 1. The van der Waals surface area contributed by atoms with Crippen LogP contribution in [0.1, 0.15) is 17.2 Å². The first kappa shape index (κ1) is 14.3. The van der Waals surface area contributed by atoms with Crippen LogP contribution in [0.25, 0.3) is 0 Å². The third kappa shape index (κ3) is 3.27. The molecule has 1 heterocycles. The van der Waals surface area contributed by atoms with E-state index in [9.17, 15) is 9.90 Å². The van der Waals surface area contributed by atoms with Gasteiger partial charge in [-0.25, -0.2) is 0 Å². The lowest BCUT2D eigenvalue weighted by molar-refractivity contribution is -0.138. The molecule has 2 aromatic rings. The molecule has 0 bridgehead atoms. The predicted molar refractivity (Wildman–Crippen MR) is 76.3 cm³/mol. The van der Waals surface area contributed by atoms with E-state index in [1.54, 1.807) is 25.4 Å². The van der Waals surface area contributed by atoms with Crippen molar-refractivity contribution in [1.82, 2.24) is 4.98 Å². The minimum Gasteiger partial charge on any atom is -0.497 e. The lowest BCUT2D eigenvalue weighted by atomic mass is 9.95. The van der Waals surface area contributed by atoms with Crippen molar-refractivity contribution in [2.45, 2.75) is 12.3 Å². The van der Waals surface area contributed by atoms with Gasteiger partial charge in [-0.1, -0.05) is 23.7 Å². The average molecular weight is 292 g/mol. The van der Waals surface area contributed by atoms with Gasteiger partial charge in [0.25, 0.3) is 0 Å². The monoisotopic (exact) mass is 291 g/mol. The van der Waals surface area contributed by atoms with E-state index in [1.165, 1.54) is 0 Å². The molecule has 0 fully saturated rings. The zero-order chi connectivity index (χ0) is 14.5. The number of aromatic nitrogens is 1. The normalized spacial score (nSPS) is 11.9. The zero-order valence-electron chi connectivity index (χ0n) is 10.9. The molecule has 0 aliphatic rings. The van der Waals surface area contributed by atoms with E-state index in [1.807, 2.05) is 24.3 Å². The van der Waals surface area contributed by atoms with Crippen LogP contribution in [0.3, 0.4) is 0 Å². The fourth-order valence-electron chi connectivity index (χ4n) is 1.99. The van der Waals surface area contributed by atoms with Gasteiger partial charge in [-0.05, 0) is 36.2 Å². The maximum absolute atomic E-state index is 11.5. The summed E-state index contributed by atoms with van der Waals surface area (Å²) in [5.41, 5.74) is 1.24. The average Bonchev–Trinajstić information content (AvgIpc) is 2.45. The van der Waals surface area contributed by atoms with Crippen LogP contribution in [-0.2, 0) is 11.2 Å². The Hall–Kier alpha value is -2.07. The first-order valence-electron chi connectivity index (χ1n) is 6.08. The van der Waals surface area contributed by atoms with Crippen molar-refractivity contribution >= 4 is 17.6 Å². The molecule has 4 nitrogen and oxygen atoms in total. The molecule has 1 N–H and O–H groups in total. The number of carboxylic acids is 1. The van der Waals surface area contributed by atoms with Gasteiger partial charge in [-0.15, -0.1) is 0 Å². The van der Waals surface area contributed by atoms with Gasteiger partial charge in [0.15, 0.2) is 0 Å². The summed E-state index contributed by atoms with van der Waals surface area (Å²) in [5, 5.41) is 9.77. The molecule has 1 unspecified atom stereocenters. The lowest BCUT2D eigenvalue weighted by Crippen LogP contribution is -2.16. The molecule has 0 radical (unpaired) electrons. The third-order valence-electron chi connectivity index (χ3n) is 2.99. The van der Waals surface area contributed by atoms with E-state index in [-0.39, 0.29) is 0 Å². The summed E-state index contributed by atoms with van der Waals surface area (Å²) < 4.78 is 5.14. The van der Waals surface area contributed by atoms with Crippen molar-refractivity contribution in [3.8, 4) is 5.75 Å². The summed E-state index contributed by atoms with van der Waals surface area (Å²) in [6.07, 6.45) is 1.85. The number of methoxy groups -OCH3 is 1. The van der Waals surface area contributed by atoms with Gasteiger partial charge in [0.2, 0.25) is 0 Å². The first-order valence-corrected chi connectivity index (χ1v) is 6.45. The predicted octanol–water partition coefficient (Wildman–Crippen LogP) is 3.15. The van der Waals surface area contributed by atoms with Crippen LogP contribution in [0.5, 0.6) is 5.75 Å². The Balaban J connectivity index is 2.31. The molecule has 0 saturated carbocycles. The zero-order valence-corrected chi connectivity index (χ0v) is 11.7. The van der Waals surface area contributed by atoms with Crippen molar-refractivity contribution in [3.63, 3.8) is 0 Å². The number of hydrogen-bond donors (Lipinski definition) is 1. The van der Waals surface area contributed by atoms with Crippen molar-refractivity contribution in [1.29, 1.82) is 0 Å². The van der Waals surface area contributed by atoms with Crippen LogP contribution in [0.4, 0.5) is 0 Å². The Morgan fingerprint density at radius 2 is 2.20 bits per heavy atom. The topological polar surface area (TPSA) is 59.4 Å². The quantitative estimate of drug-likeness (QED) is 0.919. The SMILES string of the molecule is COc1cccc(CC(C(=O)O)c2ncccc2Cl)c1. The maximum atomic E-state index is 11.5. The number of ether oxygens (including phenoxy) is 1. The highest BCUT2D eigenvalue weighted by molar-refractivity contribution is 6.31. The summed E-state index contributed by atoms with van der Waals surface area (Å²) >= 11 is 6.04. The Bertz CT molecular complexity index is 616. The molecule has 5 heteroatoms. The first-order chi connectivity index (χ1) is 9.61. The largest absolute Gasteiger partial charge is 0.497 e. The highest BCUT2D eigenvalue weighted by atomic mass is 35.5. The Kier molecular flexibility index (Phi) is 4.58. The van der Waals surface area contributed by atoms with Crippen LogP contribution in [0.15, 0.2) is 42.6 Å². The summed E-state index contributed by atoms with van der Waals surface area (Å²) in [6, 6.07) is 10.6. The molecular weight excluding hydrogens is 278 g/mol. The number of carbonyl (C=O) groups is 1. The number of pyridine rings is 1. The van der Waals surface area contributed by atoms with E-state index in [2.05, 4.69) is 4.98 Å². The molecule has 0 spiro atoms. The third-order valence-corrected chi connectivity index (χ3v) is 3.31. The second-order valence-electron chi connectivity index (χ2n) is 4.32. The van der Waals surface area contributed by atoms with Crippen molar-refractivity contribution in [2.75, 3.05) is 7.11 Å². The summed E-state index contributed by atoms with van der Waals surface area (Å²) in [5.74, 6) is -1.04. The van der Waals surface area contributed by atoms with Gasteiger partial charge in [0, 0.05) is 6.20 Å². The summed E-state index contributed by atoms with van der Waals surface area (Å²) in [4.78, 5) is 15.6. The van der Waals surface area contributed by atoms with Gasteiger partial charge in [-0.2, -0.15) is 0 Å². The second-order valence-corrected chi connectivity index (χ2v) is 4.72. The van der Waals surface area contributed by atoms with E-state index in [4.69, 9.17) is 16.3 Å². The smallest absolute Gasteiger partial charge is 0.312 e. The minimum atomic E-state index is -0.951. The Morgan fingerprint density at radius 3 is 2.85 bits per heavy atom. The molecule has 0 aliphatic heterocycles. The van der Waals surface area contributed by atoms with Gasteiger partial charge in [0.05, 0.1) is 17.8 Å².